The number of aliphatic hydroxyl groups is 1. The molecule has 98 valence electrons. The van der Waals surface area contributed by atoms with E-state index in [1.165, 1.54) is 0 Å². The van der Waals surface area contributed by atoms with Crippen LogP contribution in [0.1, 0.15) is 32.8 Å². The van der Waals surface area contributed by atoms with E-state index in [1.807, 2.05) is 30.4 Å². The van der Waals surface area contributed by atoms with Gasteiger partial charge in [-0.15, -0.1) is 0 Å². The first-order chi connectivity index (χ1) is 8.44. The monoisotopic (exact) mass is 248 g/mol. The first-order valence-electron chi connectivity index (χ1n) is 6.20. The molecule has 1 aliphatic heterocycles. The molecule has 0 saturated heterocycles. The van der Waals surface area contributed by atoms with Crippen molar-refractivity contribution in [2.24, 2.45) is 5.41 Å². The van der Waals surface area contributed by atoms with Crippen LogP contribution in [0.5, 0.6) is 11.5 Å². The molecular formula is C15H20O3. The maximum Gasteiger partial charge on any atom is 0.231 e. The van der Waals surface area contributed by atoms with E-state index in [0.29, 0.717) is 0 Å². The molecule has 0 spiro atoms. The van der Waals surface area contributed by atoms with E-state index in [0.717, 1.165) is 23.5 Å². The lowest BCUT2D eigenvalue weighted by atomic mass is 9.89. The molecule has 18 heavy (non-hydrogen) atoms. The highest BCUT2D eigenvalue weighted by Gasteiger charge is 2.15. The van der Waals surface area contributed by atoms with Crippen molar-refractivity contribution in [3.8, 4) is 11.5 Å². The summed E-state index contributed by atoms with van der Waals surface area (Å²) >= 11 is 0. The lowest BCUT2D eigenvalue weighted by Crippen LogP contribution is -2.15. The predicted octanol–water partition coefficient (Wildman–Crippen LogP) is 3.23. The van der Waals surface area contributed by atoms with Crippen molar-refractivity contribution in [3.05, 3.63) is 29.8 Å². The molecule has 1 heterocycles. The Bertz CT molecular complexity index is 444. The van der Waals surface area contributed by atoms with Crippen LogP contribution in [0.15, 0.2) is 24.3 Å². The van der Waals surface area contributed by atoms with Gasteiger partial charge in [0.1, 0.15) is 0 Å². The van der Waals surface area contributed by atoms with Crippen molar-refractivity contribution in [1.29, 1.82) is 0 Å². The van der Waals surface area contributed by atoms with E-state index in [1.54, 1.807) is 0 Å². The fourth-order valence-corrected chi connectivity index (χ4v) is 1.93. The highest BCUT2D eigenvalue weighted by Crippen LogP contribution is 2.33. The smallest absolute Gasteiger partial charge is 0.231 e. The maximum absolute atomic E-state index is 9.90. The second-order valence-corrected chi connectivity index (χ2v) is 5.80. The second-order valence-electron chi connectivity index (χ2n) is 5.80. The lowest BCUT2D eigenvalue weighted by molar-refractivity contribution is 0.162. The van der Waals surface area contributed by atoms with E-state index >= 15 is 0 Å². The Labute approximate surface area is 108 Å². The first kappa shape index (κ1) is 13.0. The molecule has 1 unspecified atom stereocenters. The zero-order valence-corrected chi connectivity index (χ0v) is 11.1. The Morgan fingerprint density at radius 3 is 2.72 bits per heavy atom. The van der Waals surface area contributed by atoms with Gasteiger partial charge in [0.2, 0.25) is 6.79 Å². The maximum atomic E-state index is 9.90. The third kappa shape index (κ3) is 3.50. The van der Waals surface area contributed by atoms with Gasteiger partial charge in [-0.05, 0) is 29.5 Å². The zero-order valence-electron chi connectivity index (χ0n) is 11.1. The summed E-state index contributed by atoms with van der Waals surface area (Å²) in [6.45, 7) is 6.63. The lowest BCUT2D eigenvalue weighted by Gasteiger charge is -2.20. The minimum absolute atomic E-state index is 0.124. The normalized spacial score (nSPS) is 16.2. The van der Waals surface area contributed by atoms with E-state index in [9.17, 15) is 5.11 Å². The average molecular weight is 248 g/mol. The molecular weight excluding hydrogens is 228 g/mol. The molecule has 0 radical (unpaired) electrons. The average Bonchev–Trinajstić information content (AvgIpc) is 2.71. The molecule has 2 rings (SSSR count). The number of fused-ring (bicyclic) bond motifs is 1. The molecule has 1 aliphatic rings. The van der Waals surface area contributed by atoms with Gasteiger partial charge in [-0.25, -0.2) is 0 Å². The van der Waals surface area contributed by atoms with Gasteiger partial charge in [0.25, 0.3) is 0 Å². The molecule has 3 nitrogen and oxygen atoms in total. The largest absolute Gasteiger partial charge is 0.454 e. The number of hydrogen-bond acceptors (Lipinski definition) is 3. The second kappa shape index (κ2) is 5.02. The van der Waals surface area contributed by atoms with Crippen LogP contribution >= 0.6 is 0 Å². The van der Waals surface area contributed by atoms with Crippen molar-refractivity contribution in [3.63, 3.8) is 0 Å². The van der Waals surface area contributed by atoms with Crippen LogP contribution in [-0.2, 0) is 0 Å². The van der Waals surface area contributed by atoms with Crippen molar-refractivity contribution < 1.29 is 14.6 Å². The molecule has 3 heteroatoms. The van der Waals surface area contributed by atoms with Gasteiger partial charge in [-0.1, -0.05) is 39.0 Å². The molecule has 1 aromatic carbocycles. The highest BCUT2D eigenvalue weighted by atomic mass is 16.7. The van der Waals surface area contributed by atoms with Crippen molar-refractivity contribution in [2.75, 3.05) is 6.79 Å². The van der Waals surface area contributed by atoms with E-state index in [4.69, 9.17) is 9.47 Å². The SMILES string of the molecule is CC(C)(C)CC(O)/C=C/c1ccc2c(c1)OCO2. The zero-order chi connectivity index (χ0) is 13.2. The van der Waals surface area contributed by atoms with Gasteiger partial charge in [0, 0.05) is 0 Å². The summed E-state index contributed by atoms with van der Waals surface area (Å²) in [5, 5.41) is 9.90. The standard InChI is InChI=1S/C15H20O3/c1-15(2,3)9-12(16)6-4-11-5-7-13-14(8-11)18-10-17-13/h4-8,12,16H,9-10H2,1-3H3/b6-4+. The molecule has 0 aliphatic carbocycles. The number of ether oxygens (including phenoxy) is 2. The minimum atomic E-state index is -0.421. The van der Waals surface area contributed by atoms with E-state index in [2.05, 4.69) is 20.8 Å². The van der Waals surface area contributed by atoms with Crippen LogP contribution in [0, 0.1) is 5.41 Å². The molecule has 0 bridgehead atoms. The number of hydrogen-bond donors (Lipinski definition) is 1. The van der Waals surface area contributed by atoms with Crippen LogP contribution in [0.4, 0.5) is 0 Å². The molecule has 1 atom stereocenters. The van der Waals surface area contributed by atoms with Gasteiger partial charge in [-0.3, -0.25) is 0 Å². The summed E-state index contributed by atoms with van der Waals surface area (Å²) < 4.78 is 10.6. The summed E-state index contributed by atoms with van der Waals surface area (Å²) in [4.78, 5) is 0. The fraction of sp³-hybridized carbons (Fsp3) is 0.467. The quantitative estimate of drug-likeness (QED) is 0.892. The number of benzene rings is 1. The molecule has 1 N–H and O–H groups in total. The van der Waals surface area contributed by atoms with Gasteiger partial charge >= 0.3 is 0 Å². The van der Waals surface area contributed by atoms with Crippen LogP contribution in [-0.4, -0.2) is 18.0 Å². The molecule has 0 amide bonds. The Hall–Kier alpha value is -1.48. The minimum Gasteiger partial charge on any atom is -0.454 e. The molecule has 0 fully saturated rings. The third-order valence-electron chi connectivity index (χ3n) is 2.73. The molecule has 1 aromatic rings. The topological polar surface area (TPSA) is 38.7 Å². The van der Waals surface area contributed by atoms with Gasteiger partial charge < -0.3 is 14.6 Å². The van der Waals surface area contributed by atoms with Gasteiger partial charge in [0.05, 0.1) is 6.10 Å². The summed E-state index contributed by atoms with van der Waals surface area (Å²) in [7, 11) is 0. The summed E-state index contributed by atoms with van der Waals surface area (Å²) in [6, 6.07) is 5.76. The number of rotatable bonds is 3. The van der Waals surface area contributed by atoms with Crippen LogP contribution < -0.4 is 9.47 Å². The van der Waals surface area contributed by atoms with E-state index < -0.39 is 6.10 Å². The summed E-state index contributed by atoms with van der Waals surface area (Å²) in [5.74, 6) is 1.55. The van der Waals surface area contributed by atoms with Crippen LogP contribution in [0.25, 0.3) is 6.08 Å². The summed E-state index contributed by atoms with van der Waals surface area (Å²) in [5.41, 5.74) is 1.13. The third-order valence-corrected chi connectivity index (χ3v) is 2.73. The molecule has 0 aromatic heterocycles. The van der Waals surface area contributed by atoms with Crippen LogP contribution in [0.2, 0.25) is 0 Å². The fourth-order valence-electron chi connectivity index (χ4n) is 1.93. The summed E-state index contributed by atoms with van der Waals surface area (Å²) in [6.07, 6.45) is 4.06. The predicted molar refractivity (Wildman–Crippen MR) is 71.7 cm³/mol. The molecule has 0 saturated carbocycles. The highest BCUT2D eigenvalue weighted by molar-refractivity contribution is 5.56. The van der Waals surface area contributed by atoms with Crippen molar-refractivity contribution >= 4 is 6.08 Å². The van der Waals surface area contributed by atoms with Crippen molar-refractivity contribution in [2.45, 2.75) is 33.3 Å². The Morgan fingerprint density at radius 2 is 2.00 bits per heavy atom. The first-order valence-corrected chi connectivity index (χ1v) is 6.20. The van der Waals surface area contributed by atoms with Gasteiger partial charge in [0.15, 0.2) is 11.5 Å². The Kier molecular flexibility index (Phi) is 3.62. The van der Waals surface area contributed by atoms with Crippen LogP contribution in [0.3, 0.4) is 0 Å². The Morgan fingerprint density at radius 1 is 1.28 bits per heavy atom. The number of aliphatic hydroxyl groups excluding tert-OH is 1. The van der Waals surface area contributed by atoms with Crippen molar-refractivity contribution in [1.82, 2.24) is 0 Å². The Balaban J connectivity index is 2.01. The van der Waals surface area contributed by atoms with Gasteiger partial charge in [-0.2, -0.15) is 0 Å². The van der Waals surface area contributed by atoms with E-state index in [-0.39, 0.29) is 12.2 Å².